The minimum Gasteiger partial charge on any atom is -0.496 e. The highest BCUT2D eigenvalue weighted by molar-refractivity contribution is 9.10. The molecule has 0 amide bonds. The Hall–Kier alpha value is -0.500. The van der Waals surface area contributed by atoms with Crippen molar-refractivity contribution in [3.8, 4) is 5.75 Å². The van der Waals surface area contributed by atoms with Crippen LogP contribution in [0.2, 0.25) is 0 Å². The Kier molecular flexibility index (Phi) is 2.33. The number of aryl methyl sites for hydroxylation is 1. The monoisotopic (exact) mass is 199 g/mol. The van der Waals surface area contributed by atoms with Crippen LogP contribution in [0.3, 0.4) is 0 Å². The molecule has 0 aliphatic carbocycles. The molecule has 0 bridgehead atoms. The maximum absolute atomic E-state index is 5.05. The van der Waals surface area contributed by atoms with Gasteiger partial charge >= 0.3 is 0 Å². The lowest BCUT2D eigenvalue weighted by Crippen LogP contribution is -1.85. The molecule has 10 heavy (non-hydrogen) atoms. The highest BCUT2D eigenvalue weighted by Gasteiger charge is 1.96. The van der Waals surface area contributed by atoms with Crippen LogP contribution < -0.4 is 4.74 Å². The summed E-state index contributed by atoms with van der Waals surface area (Å²) in [4.78, 5) is 0. The van der Waals surface area contributed by atoms with Crippen LogP contribution in [0, 0.1) is 13.0 Å². The second-order valence-corrected chi connectivity index (χ2v) is 2.89. The van der Waals surface area contributed by atoms with Crippen molar-refractivity contribution in [2.24, 2.45) is 0 Å². The predicted octanol–water partition coefficient (Wildman–Crippen LogP) is 2.57. The van der Waals surface area contributed by atoms with Gasteiger partial charge in [-0.3, -0.25) is 0 Å². The third-order valence-corrected chi connectivity index (χ3v) is 1.75. The van der Waals surface area contributed by atoms with Gasteiger partial charge in [-0.25, -0.2) is 0 Å². The van der Waals surface area contributed by atoms with E-state index in [1.165, 1.54) is 0 Å². The zero-order chi connectivity index (χ0) is 7.56. The molecule has 0 aliphatic heterocycles. The summed E-state index contributed by atoms with van der Waals surface area (Å²) < 4.78 is 6.01. The predicted molar refractivity (Wildman–Crippen MR) is 44.3 cm³/mol. The number of rotatable bonds is 1. The van der Waals surface area contributed by atoms with Crippen molar-refractivity contribution in [1.82, 2.24) is 0 Å². The van der Waals surface area contributed by atoms with Crippen molar-refractivity contribution in [2.75, 3.05) is 7.11 Å². The smallest absolute Gasteiger partial charge is 0.122 e. The van der Waals surface area contributed by atoms with Crippen molar-refractivity contribution in [3.05, 3.63) is 28.2 Å². The topological polar surface area (TPSA) is 9.23 Å². The number of ether oxygens (including phenoxy) is 1. The number of hydrogen-bond donors (Lipinski definition) is 0. The molecule has 0 unspecified atom stereocenters. The molecule has 0 N–H and O–H groups in total. The van der Waals surface area contributed by atoms with E-state index in [9.17, 15) is 0 Å². The normalized spacial score (nSPS) is 9.50. The number of halogens is 1. The summed E-state index contributed by atoms with van der Waals surface area (Å²) >= 11 is 3.31. The molecule has 0 saturated carbocycles. The van der Waals surface area contributed by atoms with Crippen molar-refractivity contribution < 1.29 is 4.74 Å². The van der Waals surface area contributed by atoms with Crippen LogP contribution in [-0.2, 0) is 0 Å². The Morgan fingerprint density at radius 3 is 2.80 bits per heavy atom. The minimum atomic E-state index is 0.878. The Morgan fingerprint density at radius 1 is 1.60 bits per heavy atom. The quantitative estimate of drug-likeness (QED) is 0.676. The van der Waals surface area contributed by atoms with E-state index in [1.807, 2.05) is 19.1 Å². The van der Waals surface area contributed by atoms with Gasteiger partial charge < -0.3 is 4.74 Å². The molecule has 1 rings (SSSR count). The highest BCUT2D eigenvalue weighted by Crippen LogP contribution is 2.20. The van der Waals surface area contributed by atoms with Gasteiger partial charge in [0.2, 0.25) is 0 Å². The molecule has 0 aromatic heterocycles. The summed E-state index contributed by atoms with van der Waals surface area (Å²) in [5, 5.41) is 0. The molecular formula is C8H8BrO. The molecule has 0 atom stereocenters. The van der Waals surface area contributed by atoms with Gasteiger partial charge in [0.1, 0.15) is 5.75 Å². The fraction of sp³-hybridized carbons (Fsp3) is 0.250. The van der Waals surface area contributed by atoms with Crippen molar-refractivity contribution in [1.29, 1.82) is 0 Å². The first-order valence-electron chi connectivity index (χ1n) is 2.96. The van der Waals surface area contributed by atoms with Crippen molar-refractivity contribution in [2.45, 2.75) is 6.92 Å². The minimum absolute atomic E-state index is 0.878. The van der Waals surface area contributed by atoms with Crippen LogP contribution >= 0.6 is 15.9 Å². The average Bonchev–Trinajstić information content (AvgIpc) is 1.88. The average molecular weight is 200 g/mol. The first-order valence-corrected chi connectivity index (χ1v) is 3.75. The second kappa shape index (κ2) is 3.06. The molecule has 2 heteroatoms. The Balaban J connectivity index is 3.07. The molecule has 1 nitrogen and oxygen atoms in total. The standard InChI is InChI=1S/C8H8BrO/c1-6-5-7(9)3-4-8(6)10-2/h4-5H,1-2H3. The van der Waals surface area contributed by atoms with E-state index in [-0.39, 0.29) is 0 Å². The second-order valence-electron chi connectivity index (χ2n) is 2.03. The van der Waals surface area contributed by atoms with Crippen LogP contribution in [0.1, 0.15) is 5.56 Å². The van der Waals surface area contributed by atoms with Crippen LogP contribution in [0.5, 0.6) is 5.75 Å². The Bertz CT molecular complexity index is 233. The fourth-order valence-electron chi connectivity index (χ4n) is 0.771. The highest BCUT2D eigenvalue weighted by atomic mass is 79.9. The van der Waals surface area contributed by atoms with Gasteiger partial charge in [-0.05, 0) is 24.6 Å². The van der Waals surface area contributed by atoms with Gasteiger partial charge in [-0.2, -0.15) is 0 Å². The zero-order valence-corrected chi connectivity index (χ0v) is 7.53. The maximum atomic E-state index is 5.05. The lowest BCUT2D eigenvalue weighted by atomic mass is 10.2. The molecule has 0 fully saturated rings. The lowest BCUT2D eigenvalue weighted by Gasteiger charge is -2.02. The van der Waals surface area contributed by atoms with Gasteiger partial charge in [0.25, 0.3) is 0 Å². The van der Waals surface area contributed by atoms with Crippen molar-refractivity contribution >= 4 is 15.9 Å². The first-order chi connectivity index (χ1) is 4.74. The third-order valence-electron chi connectivity index (χ3n) is 1.29. The van der Waals surface area contributed by atoms with E-state index < -0.39 is 0 Å². The maximum Gasteiger partial charge on any atom is 0.122 e. The number of hydrogen-bond acceptors (Lipinski definition) is 1. The molecule has 1 radical (unpaired) electrons. The van der Waals surface area contributed by atoms with Crippen LogP contribution in [0.15, 0.2) is 16.6 Å². The third kappa shape index (κ3) is 1.51. The molecule has 53 valence electrons. The summed E-state index contributed by atoms with van der Waals surface area (Å²) in [5.41, 5.74) is 1.12. The summed E-state index contributed by atoms with van der Waals surface area (Å²) in [6.45, 7) is 2.00. The molecule has 1 aromatic rings. The Labute approximate surface area is 69.1 Å². The van der Waals surface area contributed by atoms with Crippen molar-refractivity contribution in [3.63, 3.8) is 0 Å². The molecule has 0 aliphatic rings. The summed E-state index contributed by atoms with van der Waals surface area (Å²) in [6.07, 6.45) is 0. The van der Waals surface area contributed by atoms with E-state index in [2.05, 4.69) is 22.0 Å². The van der Waals surface area contributed by atoms with Crippen LogP contribution in [-0.4, -0.2) is 7.11 Å². The molecule has 0 saturated heterocycles. The van der Waals surface area contributed by atoms with Crippen LogP contribution in [0.25, 0.3) is 0 Å². The molecule has 0 heterocycles. The number of methoxy groups -OCH3 is 1. The van der Waals surface area contributed by atoms with Gasteiger partial charge in [-0.15, -0.1) is 0 Å². The molecular weight excluding hydrogens is 192 g/mol. The summed E-state index contributed by atoms with van der Waals surface area (Å²) in [5.74, 6) is 0.878. The zero-order valence-electron chi connectivity index (χ0n) is 5.94. The van der Waals surface area contributed by atoms with Gasteiger partial charge in [0.15, 0.2) is 0 Å². The van der Waals surface area contributed by atoms with E-state index in [1.54, 1.807) is 7.11 Å². The van der Waals surface area contributed by atoms with E-state index >= 15 is 0 Å². The SMILES string of the molecule is COc1c[c]c(Br)cc1C. The van der Waals surface area contributed by atoms with Gasteiger partial charge in [0, 0.05) is 10.5 Å². The summed E-state index contributed by atoms with van der Waals surface area (Å²) in [6, 6.07) is 6.77. The fourth-order valence-corrected chi connectivity index (χ4v) is 1.23. The lowest BCUT2D eigenvalue weighted by molar-refractivity contribution is 0.411. The van der Waals surface area contributed by atoms with Crippen LogP contribution in [0.4, 0.5) is 0 Å². The van der Waals surface area contributed by atoms with Gasteiger partial charge in [0.05, 0.1) is 7.11 Å². The first kappa shape index (κ1) is 7.61. The van der Waals surface area contributed by atoms with E-state index in [4.69, 9.17) is 4.74 Å². The molecule has 0 spiro atoms. The Morgan fingerprint density at radius 2 is 2.30 bits per heavy atom. The van der Waals surface area contributed by atoms with Gasteiger partial charge in [-0.1, -0.05) is 15.9 Å². The summed E-state index contributed by atoms with van der Waals surface area (Å²) in [7, 11) is 1.66. The van der Waals surface area contributed by atoms with E-state index in [0.717, 1.165) is 15.8 Å². The number of benzene rings is 1. The largest absolute Gasteiger partial charge is 0.496 e. The molecule has 1 aromatic carbocycles. The van der Waals surface area contributed by atoms with E-state index in [0.29, 0.717) is 0 Å².